The van der Waals surface area contributed by atoms with Crippen LogP contribution in [-0.2, 0) is 10.2 Å². The van der Waals surface area contributed by atoms with Crippen molar-refractivity contribution in [2.75, 3.05) is 11.9 Å². The lowest BCUT2D eigenvalue weighted by Gasteiger charge is -2.19. The average Bonchev–Trinajstić information content (AvgIpc) is 2.48. The number of carbonyl (C=O) groups is 1. The third kappa shape index (κ3) is 4.92. The summed E-state index contributed by atoms with van der Waals surface area (Å²) >= 11 is 0. The molecule has 0 fully saturated rings. The molecular formula is C19H23NO2. The number of ether oxygens (including phenoxy) is 1. The minimum absolute atomic E-state index is 0.0422. The first kappa shape index (κ1) is 16.1. The fraction of sp³-hybridized carbons (Fsp3) is 0.316. The van der Waals surface area contributed by atoms with E-state index in [0.29, 0.717) is 13.0 Å². The van der Waals surface area contributed by atoms with E-state index in [4.69, 9.17) is 4.74 Å². The van der Waals surface area contributed by atoms with Gasteiger partial charge in [-0.25, -0.2) is 0 Å². The lowest BCUT2D eigenvalue weighted by atomic mass is 9.87. The van der Waals surface area contributed by atoms with Gasteiger partial charge in [-0.05, 0) is 35.2 Å². The molecule has 0 atom stereocenters. The van der Waals surface area contributed by atoms with Crippen LogP contribution in [0, 0.1) is 0 Å². The van der Waals surface area contributed by atoms with Gasteiger partial charge in [0.2, 0.25) is 5.91 Å². The first-order valence-corrected chi connectivity index (χ1v) is 7.53. The summed E-state index contributed by atoms with van der Waals surface area (Å²) in [5.74, 6) is 0.740. The maximum Gasteiger partial charge on any atom is 0.227 e. The number of rotatable bonds is 5. The van der Waals surface area contributed by atoms with Gasteiger partial charge >= 0.3 is 0 Å². The van der Waals surface area contributed by atoms with Crippen molar-refractivity contribution in [2.24, 2.45) is 0 Å². The van der Waals surface area contributed by atoms with E-state index < -0.39 is 0 Å². The molecule has 1 N–H and O–H groups in total. The van der Waals surface area contributed by atoms with E-state index in [9.17, 15) is 4.79 Å². The Morgan fingerprint density at radius 2 is 1.64 bits per heavy atom. The third-order valence-electron chi connectivity index (χ3n) is 3.38. The van der Waals surface area contributed by atoms with Gasteiger partial charge in [0.05, 0.1) is 13.0 Å². The number of nitrogens with one attached hydrogen (secondary N) is 1. The van der Waals surface area contributed by atoms with Crippen molar-refractivity contribution in [3.63, 3.8) is 0 Å². The molecule has 0 heterocycles. The van der Waals surface area contributed by atoms with Gasteiger partial charge in [-0.1, -0.05) is 51.1 Å². The highest BCUT2D eigenvalue weighted by Crippen LogP contribution is 2.23. The number of hydrogen-bond acceptors (Lipinski definition) is 2. The van der Waals surface area contributed by atoms with Gasteiger partial charge < -0.3 is 10.1 Å². The number of benzene rings is 2. The highest BCUT2D eigenvalue weighted by Gasteiger charge is 2.13. The summed E-state index contributed by atoms with van der Waals surface area (Å²) in [7, 11) is 0. The predicted octanol–water partition coefficient (Wildman–Crippen LogP) is 4.39. The van der Waals surface area contributed by atoms with Crippen LogP contribution in [0.15, 0.2) is 54.6 Å². The summed E-state index contributed by atoms with van der Waals surface area (Å²) in [6.07, 6.45) is 0.329. The molecule has 2 aromatic rings. The fourth-order valence-electron chi connectivity index (χ4n) is 2.06. The highest BCUT2D eigenvalue weighted by molar-refractivity contribution is 5.90. The van der Waals surface area contributed by atoms with Crippen molar-refractivity contribution in [2.45, 2.75) is 32.6 Å². The van der Waals surface area contributed by atoms with Crippen molar-refractivity contribution in [1.29, 1.82) is 0 Å². The van der Waals surface area contributed by atoms with E-state index in [1.54, 1.807) is 0 Å². The molecule has 2 rings (SSSR count). The van der Waals surface area contributed by atoms with E-state index in [1.807, 2.05) is 42.5 Å². The molecule has 0 aliphatic heterocycles. The molecule has 0 spiro atoms. The maximum absolute atomic E-state index is 11.9. The molecule has 0 unspecified atom stereocenters. The zero-order valence-corrected chi connectivity index (χ0v) is 13.4. The number of carbonyl (C=O) groups excluding carboxylic acids is 1. The Balaban J connectivity index is 1.79. The fourth-order valence-corrected chi connectivity index (χ4v) is 2.06. The van der Waals surface area contributed by atoms with Gasteiger partial charge in [0.1, 0.15) is 5.75 Å². The summed E-state index contributed by atoms with van der Waals surface area (Å²) < 4.78 is 5.52. The first-order valence-electron chi connectivity index (χ1n) is 7.53. The molecular weight excluding hydrogens is 274 g/mol. The average molecular weight is 297 g/mol. The highest BCUT2D eigenvalue weighted by atomic mass is 16.5. The molecule has 2 aromatic carbocycles. The van der Waals surface area contributed by atoms with E-state index >= 15 is 0 Å². The minimum Gasteiger partial charge on any atom is -0.493 e. The molecule has 0 radical (unpaired) electrons. The molecule has 22 heavy (non-hydrogen) atoms. The zero-order chi connectivity index (χ0) is 16.0. The molecule has 116 valence electrons. The summed E-state index contributed by atoms with van der Waals surface area (Å²) in [5, 5.41) is 2.89. The van der Waals surface area contributed by atoms with Crippen LogP contribution >= 0.6 is 0 Å². The van der Waals surface area contributed by atoms with Gasteiger partial charge in [0.15, 0.2) is 0 Å². The Labute approximate surface area is 132 Å². The summed E-state index contributed by atoms with van der Waals surface area (Å²) in [5.41, 5.74) is 2.18. The molecule has 0 aromatic heterocycles. The van der Waals surface area contributed by atoms with Crippen LogP contribution in [-0.4, -0.2) is 12.5 Å². The van der Waals surface area contributed by atoms with E-state index in [2.05, 4.69) is 38.2 Å². The van der Waals surface area contributed by atoms with Crippen molar-refractivity contribution in [1.82, 2.24) is 0 Å². The monoisotopic (exact) mass is 297 g/mol. The van der Waals surface area contributed by atoms with Crippen LogP contribution in [0.4, 0.5) is 5.69 Å². The normalized spacial score (nSPS) is 11.0. The molecule has 0 aliphatic rings. The summed E-state index contributed by atoms with van der Waals surface area (Å²) in [6.45, 7) is 6.88. The predicted molar refractivity (Wildman–Crippen MR) is 90.3 cm³/mol. The number of para-hydroxylation sites is 1. The largest absolute Gasteiger partial charge is 0.493 e. The van der Waals surface area contributed by atoms with Crippen molar-refractivity contribution >= 4 is 11.6 Å². The second-order valence-corrected chi connectivity index (χ2v) is 6.29. The minimum atomic E-state index is -0.0422. The van der Waals surface area contributed by atoms with Crippen LogP contribution in [0.2, 0.25) is 0 Å². The van der Waals surface area contributed by atoms with Crippen LogP contribution in [0.3, 0.4) is 0 Å². The molecule has 1 amide bonds. The quantitative estimate of drug-likeness (QED) is 0.888. The first-order chi connectivity index (χ1) is 10.4. The third-order valence-corrected chi connectivity index (χ3v) is 3.38. The van der Waals surface area contributed by atoms with Crippen molar-refractivity contribution in [3.8, 4) is 5.75 Å². The number of anilines is 1. The van der Waals surface area contributed by atoms with E-state index in [1.165, 1.54) is 5.56 Å². The molecule has 0 saturated heterocycles. The topological polar surface area (TPSA) is 38.3 Å². The molecule has 0 saturated carbocycles. The molecule has 3 heteroatoms. The number of hydrogen-bond donors (Lipinski definition) is 1. The van der Waals surface area contributed by atoms with Gasteiger partial charge in [0.25, 0.3) is 0 Å². The Hall–Kier alpha value is -2.29. The Morgan fingerprint density at radius 3 is 2.23 bits per heavy atom. The Morgan fingerprint density at radius 1 is 1.00 bits per heavy atom. The lowest BCUT2D eigenvalue weighted by Crippen LogP contribution is -2.15. The molecule has 0 bridgehead atoms. The Kier molecular flexibility index (Phi) is 5.21. The SMILES string of the molecule is CC(C)(C)c1ccc(NC(=O)CCOc2ccccc2)cc1. The van der Waals surface area contributed by atoms with Crippen molar-refractivity contribution < 1.29 is 9.53 Å². The second-order valence-electron chi connectivity index (χ2n) is 6.29. The van der Waals surface area contributed by atoms with Crippen LogP contribution in [0.1, 0.15) is 32.8 Å². The second kappa shape index (κ2) is 7.12. The van der Waals surface area contributed by atoms with Crippen LogP contribution in [0.5, 0.6) is 5.75 Å². The van der Waals surface area contributed by atoms with E-state index in [0.717, 1.165) is 11.4 Å². The van der Waals surface area contributed by atoms with E-state index in [-0.39, 0.29) is 11.3 Å². The van der Waals surface area contributed by atoms with Gasteiger partial charge in [0, 0.05) is 5.69 Å². The Bertz CT molecular complexity index is 598. The standard InChI is InChI=1S/C19H23NO2/c1-19(2,3)15-9-11-16(12-10-15)20-18(21)13-14-22-17-7-5-4-6-8-17/h4-12H,13-14H2,1-3H3,(H,20,21). The lowest BCUT2D eigenvalue weighted by molar-refractivity contribution is -0.116. The van der Waals surface area contributed by atoms with Crippen molar-refractivity contribution in [3.05, 3.63) is 60.2 Å². The van der Waals surface area contributed by atoms with Gasteiger partial charge in [-0.15, -0.1) is 0 Å². The summed E-state index contributed by atoms with van der Waals surface area (Å²) in [6, 6.07) is 17.5. The van der Waals surface area contributed by atoms with Crippen LogP contribution in [0.25, 0.3) is 0 Å². The summed E-state index contributed by atoms with van der Waals surface area (Å²) in [4.78, 5) is 11.9. The van der Waals surface area contributed by atoms with Gasteiger partial charge in [-0.3, -0.25) is 4.79 Å². The number of amides is 1. The molecule has 0 aliphatic carbocycles. The van der Waals surface area contributed by atoms with Crippen LogP contribution < -0.4 is 10.1 Å². The molecule has 3 nitrogen and oxygen atoms in total. The van der Waals surface area contributed by atoms with Gasteiger partial charge in [-0.2, -0.15) is 0 Å². The maximum atomic E-state index is 11.9. The smallest absolute Gasteiger partial charge is 0.227 e. The zero-order valence-electron chi connectivity index (χ0n) is 13.4.